The van der Waals surface area contributed by atoms with Crippen molar-refractivity contribution in [3.63, 3.8) is 0 Å². The van der Waals surface area contributed by atoms with Crippen LogP contribution in [0.5, 0.6) is 0 Å². The lowest BCUT2D eigenvalue weighted by Crippen LogP contribution is -2.50. The molecule has 22 heavy (non-hydrogen) atoms. The molecule has 1 aliphatic rings. The van der Waals surface area contributed by atoms with Gasteiger partial charge in [0.25, 0.3) is 0 Å². The quantitative estimate of drug-likeness (QED) is 0.491. The maximum absolute atomic E-state index is 11.2. The average molecular weight is 318 g/mol. The Hall–Kier alpha value is -2.23. The van der Waals surface area contributed by atoms with Crippen LogP contribution >= 0.6 is 0 Å². The van der Waals surface area contributed by atoms with Crippen molar-refractivity contribution in [3.05, 3.63) is 0 Å². The molecule has 1 aliphatic heterocycles. The number of rotatable bonds is 0. The molecule has 10 heteroatoms. The topological polar surface area (TPSA) is 134 Å². The fourth-order valence-electron chi connectivity index (χ4n) is 2.20. The number of amides is 3. The summed E-state index contributed by atoms with van der Waals surface area (Å²) in [4.78, 5) is 36.8. The van der Waals surface area contributed by atoms with E-state index in [4.69, 9.17) is 15.3 Å². The molecule has 1 saturated heterocycles. The lowest BCUT2D eigenvalue weighted by molar-refractivity contribution is 0.107. The van der Waals surface area contributed by atoms with Gasteiger partial charge in [-0.25, -0.2) is 14.4 Å². The largest absolute Gasteiger partial charge is 0.465 e. The van der Waals surface area contributed by atoms with Gasteiger partial charge in [0, 0.05) is 51.9 Å². The molecule has 1 atom stereocenters. The Labute approximate surface area is 127 Å². The van der Waals surface area contributed by atoms with Crippen molar-refractivity contribution in [1.82, 2.24) is 20.0 Å². The van der Waals surface area contributed by atoms with Crippen molar-refractivity contribution in [1.29, 1.82) is 0 Å². The van der Waals surface area contributed by atoms with Crippen LogP contribution in [0.1, 0.15) is 6.92 Å². The van der Waals surface area contributed by atoms with Gasteiger partial charge < -0.3 is 35.3 Å². The summed E-state index contributed by atoms with van der Waals surface area (Å²) in [5, 5.41) is 30.4. The molecule has 4 N–H and O–H groups in total. The Morgan fingerprint density at radius 1 is 0.818 bits per heavy atom. The van der Waals surface area contributed by atoms with Crippen LogP contribution in [0.2, 0.25) is 0 Å². The molecule has 10 nitrogen and oxygen atoms in total. The minimum Gasteiger partial charge on any atom is -0.465 e. The van der Waals surface area contributed by atoms with E-state index in [1.807, 2.05) is 0 Å². The number of nitrogens with zero attached hydrogens (tertiary/aromatic N) is 3. The van der Waals surface area contributed by atoms with E-state index in [0.29, 0.717) is 6.54 Å². The first-order chi connectivity index (χ1) is 10.3. The first-order valence-electron chi connectivity index (χ1n) is 6.98. The summed E-state index contributed by atoms with van der Waals surface area (Å²) in [6.07, 6.45) is -3.41. The Morgan fingerprint density at radius 2 is 1.23 bits per heavy atom. The monoisotopic (exact) mass is 318 g/mol. The van der Waals surface area contributed by atoms with E-state index in [0.717, 1.165) is 14.7 Å². The molecular formula is C12H22N4O6. The number of hydrogen-bond acceptors (Lipinski definition) is 4. The van der Waals surface area contributed by atoms with Gasteiger partial charge in [0.2, 0.25) is 0 Å². The van der Waals surface area contributed by atoms with Crippen molar-refractivity contribution < 1.29 is 29.7 Å². The second kappa shape index (κ2) is 8.27. The van der Waals surface area contributed by atoms with Crippen LogP contribution in [0.3, 0.4) is 0 Å². The Morgan fingerprint density at radius 3 is 1.68 bits per heavy atom. The molecule has 0 aromatic carbocycles. The van der Waals surface area contributed by atoms with Crippen LogP contribution in [0.25, 0.3) is 0 Å². The highest BCUT2D eigenvalue weighted by molar-refractivity contribution is 5.67. The maximum atomic E-state index is 11.2. The predicted molar refractivity (Wildman–Crippen MR) is 76.3 cm³/mol. The molecule has 1 unspecified atom stereocenters. The Balaban J connectivity index is 2.80. The van der Waals surface area contributed by atoms with Gasteiger partial charge in [0.15, 0.2) is 0 Å². The summed E-state index contributed by atoms with van der Waals surface area (Å²) in [5.41, 5.74) is 0. The number of carbonyl (C=O) groups is 3. The zero-order valence-electron chi connectivity index (χ0n) is 12.4. The normalized spacial score (nSPS) is 21.7. The molecule has 126 valence electrons. The summed E-state index contributed by atoms with van der Waals surface area (Å²) in [6.45, 7) is 2.67. The lowest BCUT2D eigenvalue weighted by atomic mass is 10.3. The molecule has 0 saturated carbocycles. The van der Waals surface area contributed by atoms with Crippen LogP contribution in [0.4, 0.5) is 14.4 Å². The van der Waals surface area contributed by atoms with Crippen LogP contribution < -0.4 is 5.32 Å². The zero-order valence-corrected chi connectivity index (χ0v) is 12.4. The van der Waals surface area contributed by atoms with Gasteiger partial charge in [0.05, 0.1) is 0 Å². The summed E-state index contributed by atoms with van der Waals surface area (Å²) >= 11 is 0. The van der Waals surface area contributed by atoms with E-state index in [2.05, 4.69) is 5.32 Å². The van der Waals surface area contributed by atoms with Crippen molar-refractivity contribution >= 4 is 18.3 Å². The number of carboxylic acid groups (broad SMARTS) is 3. The molecule has 0 radical (unpaired) electrons. The lowest BCUT2D eigenvalue weighted by Gasteiger charge is -2.30. The van der Waals surface area contributed by atoms with Crippen molar-refractivity contribution in [3.8, 4) is 0 Å². The highest BCUT2D eigenvalue weighted by atomic mass is 16.4. The van der Waals surface area contributed by atoms with E-state index in [1.54, 1.807) is 6.92 Å². The van der Waals surface area contributed by atoms with Gasteiger partial charge in [-0.15, -0.1) is 0 Å². The van der Waals surface area contributed by atoms with Gasteiger partial charge in [-0.05, 0) is 6.92 Å². The SMILES string of the molecule is CC1CN(C(=O)O)CCN(C(=O)O)CCN(C(=O)O)CCN1. The summed E-state index contributed by atoms with van der Waals surface area (Å²) < 4.78 is 0. The average Bonchev–Trinajstić information content (AvgIpc) is 2.40. The summed E-state index contributed by atoms with van der Waals surface area (Å²) in [5.74, 6) is 0. The Bertz CT molecular complexity index is 418. The molecule has 1 fully saturated rings. The zero-order chi connectivity index (χ0) is 16.7. The smallest absolute Gasteiger partial charge is 0.407 e. The van der Waals surface area contributed by atoms with Gasteiger partial charge in [0.1, 0.15) is 0 Å². The predicted octanol–water partition coefficient (Wildman–Crippen LogP) is -0.0819. The second-order valence-corrected chi connectivity index (χ2v) is 5.12. The van der Waals surface area contributed by atoms with Crippen LogP contribution in [0.15, 0.2) is 0 Å². The molecular weight excluding hydrogens is 296 g/mol. The van der Waals surface area contributed by atoms with E-state index < -0.39 is 18.3 Å². The van der Waals surface area contributed by atoms with Crippen LogP contribution in [-0.4, -0.2) is 100 Å². The van der Waals surface area contributed by atoms with Crippen LogP contribution in [0, 0.1) is 0 Å². The van der Waals surface area contributed by atoms with Crippen molar-refractivity contribution in [2.75, 3.05) is 45.8 Å². The molecule has 0 bridgehead atoms. The second-order valence-electron chi connectivity index (χ2n) is 5.12. The third-order valence-corrected chi connectivity index (χ3v) is 3.46. The number of hydrogen-bond donors (Lipinski definition) is 4. The first-order valence-corrected chi connectivity index (χ1v) is 6.98. The fourth-order valence-corrected chi connectivity index (χ4v) is 2.20. The molecule has 1 heterocycles. The molecule has 0 aromatic rings. The van der Waals surface area contributed by atoms with Crippen LogP contribution in [-0.2, 0) is 0 Å². The standard InChI is InChI=1S/C12H22N4O6/c1-9-8-16(12(21)22)7-6-15(11(19)20)5-4-14(10(17)18)3-2-13-9/h9,13H,2-8H2,1H3,(H,17,18)(H,19,20)(H,21,22). The maximum Gasteiger partial charge on any atom is 0.407 e. The highest BCUT2D eigenvalue weighted by Crippen LogP contribution is 2.00. The molecule has 0 aliphatic carbocycles. The summed E-state index contributed by atoms with van der Waals surface area (Å²) in [6, 6.07) is -0.163. The van der Waals surface area contributed by atoms with Gasteiger partial charge in [-0.3, -0.25) is 0 Å². The van der Waals surface area contributed by atoms with Gasteiger partial charge >= 0.3 is 18.3 Å². The van der Waals surface area contributed by atoms with E-state index in [9.17, 15) is 14.4 Å². The van der Waals surface area contributed by atoms with Crippen molar-refractivity contribution in [2.45, 2.75) is 13.0 Å². The number of nitrogens with one attached hydrogen (secondary N) is 1. The third kappa shape index (κ3) is 5.64. The van der Waals surface area contributed by atoms with E-state index >= 15 is 0 Å². The molecule has 1 rings (SSSR count). The minimum atomic E-state index is -1.20. The first kappa shape index (κ1) is 17.8. The third-order valence-electron chi connectivity index (χ3n) is 3.46. The van der Waals surface area contributed by atoms with Gasteiger partial charge in [-0.2, -0.15) is 0 Å². The van der Waals surface area contributed by atoms with Gasteiger partial charge in [-0.1, -0.05) is 0 Å². The Kier molecular flexibility index (Phi) is 6.70. The van der Waals surface area contributed by atoms with E-state index in [-0.39, 0.29) is 45.3 Å². The summed E-state index contributed by atoms with van der Waals surface area (Å²) in [7, 11) is 0. The minimum absolute atomic E-state index is 0.00180. The fraction of sp³-hybridized carbons (Fsp3) is 0.750. The highest BCUT2D eigenvalue weighted by Gasteiger charge is 2.22. The van der Waals surface area contributed by atoms with Crippen molar-refractivity contribution in [2.24, 2.45) is 0 Å². The molecule has 3 amide bonds. The molecule has 0 spiro atoms. The molecule has 0 aromatic heterocycles. The van der Waals surface area contributed by atoms with E-state index in [1.165, 1.54) is 0 Å².